The topological polar surface area (TPSA) is 88.6 Å². The molecule has 8 heteroatoms. The van der Waals surface area contributed by atoms with Crippen LogP contribution in [0.25, 0.3) is 11.3 Å². The van der Waals surface area contributed by atoms with Crippen molar-refractivity contribution in [3.63, 3.8) is 0 Å². The number of hydrogen-bond donors (Lipinski definition) is 2. The summed E-state index contributed by atoms with van der Waals surface area (Å²) in [7, 11) is 1.56. The highest BCUT2D eigenvalue weighted by Gasteiger charge is 2.11. The fourth-order valence-corrected chi connectivity index (χ4v) is 3.05. The van der Waals surface area contributed by atoms with Gasteiger partial charge in [0.1, 0.15) is 18.1 Å². The zero-order valence-electron chi connectivity index (χ0n) is 17.8. The number of rotatable bonds is 8. The Hall–Kier alpha value is -4.46. The van der Waals surface area contributed by atoms with Crippen LogP contribution >= 0.6 is 0 Å². The zero-order valence-corrected chi connectivity index (χ0v) is 17.8. The van der Waals surface area contributed by atoms with Crippen molar-refractivity contribution in [3.05, 3.63) is 102 Å². The summed E-state index contributed by atoms with van der Waals surface area (Å²) in [5.41, 5.74) is 5.67. The van der Waals surface area contributed by atoms with Crippen LogP contribution in [-0.4, -0.2) is 29.4 Å². The quantitative estimate of drug-likeness (QED) is 0.308. The number of aromatic amines is 1. The van der Waals surface area contributed by atoms with E-state index in [2.05, 4.69) is 20.7 Å². The number of nitrogens with zero attached hydrogens (tertiary/aromatic N) is 2. The maximum absolute atomic E-state index is 13.1. The predicted molar refractivity (Wildman–Crippen MR) is 123 cm³/mol. The van der Waals surface area contributed by atoms with Gasteiger partial charge in [0.25, 0.3) is 5.91 Å². The van der Waals surface area contributed by atoms with E-state index < -0.39 is 5.91 Å². The van der Waals surface area contributed by atoms with Gasteiger partial charge in [0.15, 0.2) is 11.5 Å². The van der Waals surface area contributed by atoms with E-state index in [-0.39, 0.29) is 11.5 Å². The molecule has 1 amide bonds. The molecule has 3 aromatic carbocycles. The number of halogens is 1. The van der Waals surface area contributed by atoms with Crippen molar-refractivity contribution in [3.8, 4) is 22.8 Å². The van der Waals surface area contributed by atoms with Crippen molar-refractivity contribution in [2.24, 2.45) is 5.10 Å². The van der Waals surface area contributed by atoms with E-state index in [0.717, 1.165) is 11.1 Å². The molecule has 1 aromatic heterocycles. The molecule has 7 nitrogen and oxygen atoms in total. The predicted octanol–water partition coefficient (Wildman–Crippen LogP) is 4.57. The molecule has 0 aliphatic heterocycles. The third kappa shape index (κ3) is 5.62. The minimum atomic E-state index is -0.457. The number of carbonyl (C=O) groups excluding carboxylic acids is 1. The molecule has 1 heterocycles. The summed E-state index contributed by atoms with van der Waals surface area (Å²) < 4.78 is 24.3. The number of H-pyrrole nitrogens is 1. The molecular formula is C25H21FN4O3. The molecule has 2 N–H and O–H groups in total. The van der Waals surface area contributed by atoms with Crippen LogP contribution in [0.5, 0.6) is 11.5 Å². The number of methoxy groups -OCH3 is 1. The second-order valence-electron chi connectivity index (χ2n) is 7.06. The summed E-state index contributed by atoms with van der Waals surface area (Å²) >= 11 is 0. The van der Waals surface area contributed by atoms with Crippen LogP contribution in [0.15, 0.2) is 84.0 Å². The largest absolute Gasteiger partial charge is 0.493 e. The van der Waals surface area contributed by atoms with Crippen LogP contribution in [0.4, 0.5) is 4.39 Å². The number of carbonyl (C=O) groups is 1. The summed E-state index contributed by atoms with van der Waals surface area (Å²) in [5.74, 6) is 0.364. The van der Waals surface area contributed by atoms with E-state index in [1.807, 2.05) is 30.3 Å². The van der Waals surface area contributed by atoms with Gasteiger partial charge in [-0.2, -0.15) is 10.2 Å². The summed E-state index contributed by atoms with van der Waals surface area (Å²) in [6, 6.07) is 22.6. The van der Waals surface area contributed by atoms with Crippen molar-refractivity contribution in [1.82, 2.24) is 15.6 Å². The van der Waals surface area contributed by atoms with Gasteiger partial charge in [-0.15, -0.1) is 0 Å². The molecule has 0 saturated heterocycles. The van der Waals surface area contributed by atoms with Crippen molar-refractivity contribution < 1.29 is 18.7 Å². The first-order valence-electron chi connectivity index (χ1n) is 10.1. The minimum absolute atomic E-state index is 0.230. The highest BCUT2D eigenvalue weighted by molar-refractivity contribution is 5.94. The number of ether oxygens (including phenoxy) is 2. The molecule has 0 saturated carbocycles. The first kappa shape index (κ1) is 21.8. The lowest BCUT2D eigenvalue weighted by Gasteiger charge is -2.11. The van der Waals surface area contributed by atoms with E-state index in [1.54, 1.807) is 43.5 Å². The fraction of sp³-hybridized carbons (Fsp3) is 0.0800. The molecule has 4 rings (SSSR count). The standard InChI is InChI=1S/C25H21FN4O3/c1-32-24-13-18(7-12-23(24)33-16-17-5-3-2-4-6-17)15-27-30-25(31)22-14-21(28-29-22)19-8-10-20(26)11-9-19/h2-15H,16H2,1H3,(H,28,29)(H,30,31). The number of hydrogen-bond acceptors (Lipinski definition) is 5. The highest BCUT2D eigenvalue weighted by atomic mass is 19.1. The van der Waals surface area contributed by atoms with Crippen molar-refractivity contribution in [2.45, 2.75) is 6.61 Å². The third-order valence-electron chi connectivity index (χ3n) is 4.77. The molecular weight excluding hydrogens is 423 g/mol. The molecule has 0 aliphatic rings. The average molecular weight is 444 g/mol. The molecule has 4 aromatic rings. The van der Waals surface area contributed by atoms with Gasteiger partial charge in [-0.05, 0) is 59.7 Å². The van der Waals surface area contributed by atoms with Gasteiger partial charge in [0.05, 0.1) is 19.0 Å². The van der Waals surface area contributed by atoms with Crippen molar-refractivity contribution in [2.75, 3.05) is 7.11 Å². The Morgan fingerprint density at radius 3 is 2.61 bits per heavy atom. The number of aromatic nitrogens is 2. The Morgan fingerprint density at radius 1 is 1.06 bits per heavy atom. The number of hydrazone groups is 1. The van der Waals surface area contributed by atoms with Crippen molar-refractivity contribution >= 4 is 12.1 Å². The maximum atomic E-state index is 13.1. The van der Waals surface area contributed by atoms with Crippen LogP contribution in [0.2, 0.25) is 0 Å². The monoisotopic (exact) mass is 444 g/mol. The molecule has 0 radical (unpaired) electrons. The second-order valence-corrected chi connectivity index (χ2v) is 7.06. The van der Waals surface area contributed by atoms with Gasteiger partial charge in [-0.25, -0.2) is 9.82 Å². The van der Waals surface area contributed by atoms with E-state index >= 15 is 0 Å². The minimum Gasteiger partial charge on any atom is -0.493 e. The third-order valence-corrected chi connectivity index (χ3v) is 4.77. The van der Waals surface area contributed by atoms with Crippen LogP contribution < -0.4 is 14.9 Å². The molecule has 33 heavy (non-hydrogen) atoms. The summed E-state index contributed by atoms with van der Waals surface area (Å²) in [4.78, 5) is 12.3. The fourth-order valence-electron chi connectivity index (χ4n) is 3.05. The van der Waals surface area contributed by atoms with Crippen LogP contribution in [-0.2, 0) is 6.61 Å². The van der Waals surface area contributed by atoms with Crippen molar-refractivity contribution in [1.29, 1.82) is 0 Å². The van der Waals surface area contributed by atoms with Crippen LogP contribution in [0.1, 0.15) is 21.6 Å². The van der Waals surface area contributed by atoms with Crippen LogP contribution in [0, 0.1) is 5.82 Å². The number of amides is 1. The molecule has 0 atom stereocenters. The Balaban J connectivity index is 1.36. The van der Waals surface area contributed by atoms with E-state index in [4.69, 9.17) is 9.47 Å². The molecule has 0 unspecified atom stereocenters. The lowest BCUT2D eigenvalue weighted by atomic mass is 10.1. The Kier molecular flexibility index (Phi) is 6.75. The Morgan fingerprint density at radius 2 is 1.85 bits per heavy atom. The summed E-state index contributed by atoms with van der Waals surface area (Å²) in [5, 5.41) is 10.7. The first-order chi connectivity index (χ1) is 16.1. The Bertz CT molecular complexity index is 1250. The highest BCUT2D eigenvalue weighted by Crippen LogP contribution is 2.28. The first-order valence-corrected chi connectivity index (χ1v) is 10.1. The van der Waals surface area contributed by atoms with E-state index in [9.17, 15) is 9.18 Å². The van der Waals surface area contributed by atoms with Gasteiger partial charge < -0.3 is 9.47 Å². The average Bonchev–Trinajstić information content (AvgIpc) is 3.34. The molecule has 166 valence electrons. The normalized spacial score (nSPS) is 10.8. The zero-order chi connectivity index (χ0) is 23.0. The number of nitrogens with one attached hydrogen (secondary N) is 2. The van der Waals surface area contributed by atoms with Crippen LogP contribution in [0.3, 0.4) is 0 Å². The molecule has 0 aliphatic carbocycles. The summed E-state index contributed by atoms with van der Waals surface area (Å²) in [6.45, 7) is 0.421. The van der Waals surface area contributed by atoms with Gasteiger partial charge in [-0.1, -0.05) is 30.3 Å². The molecule has 0 bridgehead atoms. The van der Waals surface area contributed by atoms with Gasteiger partial charge >= 0.3 is 0 Å². The Labute approximate surface area is 189 Å². The lowest BCUT2D eigenvalue weighted by molar-refractivity contribution is 0.0950. The maximum Gasteiger partial charge on any atom is 0.289 e. The lowest BCUT2D eigenvalue weighted by Crippen LogP contribution is -2.18. The SMILES string of the molecule is COc1cc(C=NNC(=O)c2cc(-c3ccc(F)cc3)n[nH]2)ccc1OCc1ccccc1. The van der Waals surface area contributed by atoms with Gasteiger partial charge in [0.2, 0.25) is 0 Å². The second kappa shape index (κ2) is 10.2. The van der Waals surface area contributed by atoms with E-state index in [0.29, 0.717) is 29.4 Å². The van der Waals surface area contributed by atoms with Gasteiger partial charge in [-0.3, -0.25) is 9.89 Å². The van der Waals surface area contributed by atoms with Gasteiger partial charge in [0, 0.05) is 5.56 Å². The smallest absolute Gasteiger partial charge is 0.289 e. The summed E-state index contributed by atoms with van der Waals surface area (Å²) in [6.07, 6.45) is 1.50. The molecule has 0 fully saturated rings. The molecule has 0 spiro atoms. The van der Waals surface area contributed by atoms with E-state index in [1.165, 1.54) is 18.3 Å². The number of benzene rings is 3.